The molecule has 1 unspecified atom stereocenters. The summed E-state index contributed by atoms with van der Waals surface area (Å²) in [6.07, 6.45) is 0.140. The quantitative estimate of drug-likeness (QED) is 0.678. The number of nitro benzene ring substituents is 1. The Balaban J connectivity index is 2.26. The smallest absolute Gasteiger partial charge is 0.269 e. The van der Waals surface area contributed by atoms with Gasteiger partial charge in [-0.25, -0.2) is 0 Å². The predicted molar refractivity (Wildman–Crippen MR) is 79.2 cm³/mol. The van der Waals surface area contributed by atoms with Gasteiger partial charge >= 0.3 is 0 Å². The number of aliphatic hydroxyl groups is 1. The van der Waals surface area contributed by atoms with E-state index in [-0.39, 0.29) is 5.69 Å². The number of aliphatic hydroxyl groups excluding tert-OH is 1. The van der Waals surface area contributed by atoms with Crippen molar-refractivity contribution < 1.29 is 10.0 Å². The van der Waals surface area contributed by atoms with E-state index in [9.17, 15) is 15.2 Å². The fraction of sp³-hybridized carbons (Fsp3) is 0.400. The summed E-state index contributed by atoms with van der Waals surface area (Å²) in [5.74, 6) is 0. The summed E-state index contributed by atoms with van der Waals surface area (Å²) < 4.78 is 1.82. The van der Waals surface area contributed by atoms with Crippen molar-refractivity contribution in [2.45, 2.75) is 39.8 Å². The second kappa shape index (κ2) is 6.05. The van der Waals surface area contributed by atoms with Crippen molar-refractivity contribution in [3.63, 3.8) is 0 Å². The van der Waals surface area contributed by atoms with E-state index < -0.39 is 11.0 Å². The molecule has 21 heavy (non-hydrogen) atoms. The van der Waals surface area contributed by atoms with Gasteiger partial charge in [-0.1, -0.05) is 19.1 Å². The lowest BCUT2D eigenvalue weighted by atomic mass is 10.1. The van der Waals surface area contributed by atoms with Crippen LogP contribution in [0, 0.1) is 24.0 Å². The van der Waals surface area contributed by atoms with Gasteiger partial charge in [0.2, 0.25) is 0 Å². The highest BCUT2D eigenvalue weighted by molar-refractivity contribution is 5.34. The van der Waals surface area contributed by atoms with Gasteiger partial charge in [-0.2, -0.15) is 5.10 Å². The van der Waals surface area contributed by atoms with Crippen molar-refractivity contribution in [2.24, 2.45) is 0 Å². The molecule has 0 aliphatic heterocycles. The highest BCUT2D eigenvalue weighted by atomic mass is 16.6. The third-order valence-electron chi connectivity index (χ3n) is 3.64. The third kappa shape index (κ3) is 3.11. The minimum Gasteiger partial charge on any atom is -0.388 e. The molecule has 0 spiro atoms. The Morgan fingerprint density at radius 1 is 1.33 bits per heavy atom. The first kappa shape index (κ1) is 15.2. The van der Waals surface area contributed by atoms with Crippen molar-refractivity contribution in [3.05, 3.63) is 56.9 Å². The van der Waals surface area contributed by atoms with E-state index in [2.05, 4.69) is 5.10 Å². The topological polar surface area (TPSA) is 81.2 Å². The Bertz CT molecular complexity index is 647. The highest BCUT2D eigenvalue weighted by Gasteiger charge is 2.17. The molecule has 1 aromatic heterocycles. The van der Waals surface area contributed by atoms with Crippen LogP contribution in [0.2, 0.25) is 0 Å². The molecule has 2 rings (SSSR count). The molecule has 6 heteroatoms. The average molecular weight is 289 g/mol. The Labute approximate surface area is 123 Å². The zero-order chi connectivity index (χ0) is 15.6. The van der Waals surface area contributed by atoms with Crippen LogP contribution < -0.4 is 0 Å². The molecule has 0 radical (unpaired) electrons. The van der Waals surface area contributed by atoms with Crippen LogP contribution in [0.4, 0.5) is 5.69 Å². The molecule has 0 saturated carbocycles. The summed E-state index contributed by atoms with van der Waals surface area (Å²) in [4.78, 5) is 10.2. The lowest BCUT2D eigenvalue weighted by Gasteiger charge is -2.09. The van der Waals surface area contributed by atoms with Crippen molar-refractivity contribution in [3.8, 4) is 0 Å². The van der Waals surface area contributed by atoms with Gasteiger partial charge in [-0.3, -0.25) is 14.8 Å². The van der Waals surface area contributed by atoms with Gasteiger partial charge in [0.1, 0.15) is 0 Å². The van der Waals surface area contributed by atoms with Crippen LogP contribution in [-0.2, 0) is 6.54 Å². The van der Waals surface area contributed by atoms with E-state index in [1.807, 2.05) is 25.5 Å². The summed E-state index contributed by atoms with van der Waals surface area (Å²) in [6.45, 7) is 6.27. The Morgan fingerprint density at radius 2 is 1.95 bits per heavy atom. The summed E-state index contributed by atoms with van der Waals surface area (Å²) in [7, 11) is 0. The zero-order valence-electron chi connectivity index (χ0n) is 12.4. The van der Waals surface area contributed by atoms with E-state index in [1.54, 1.807) is 12.1 Å². The van der Waals surface area contributed by atoms with E-state index in [0.29, 0.717) is 13.0 Å². The second-order valence-electron chi connectivity index (χ2n) is 5.09. The number of nitro groups is 1. The molecule has 1 aromatic carbocycles. The first-order valence-electron chi connectivity index (χ1n) is 6.89. The highest BCUT2D eigenvalue weighted by Crippen LogP contribution is 2.24. The van der Waals surface area contributed by atoms with Crippen LogP contribution in [0.3, 0.4) is 0 Å². The number of non-ortho nitro benzene ring substituents is 1. The van der Waals surface area contributed by atoms with Crippen LogP contribution >= 0.6 is 0 Å². The zero-order valence-corrected chi connectivity index (χ0v) is 12.4. The fourth-order valence-corrected chi connectivity index (χ4v) is 2.45. The van der Waals surface area contributed by atoms with Crippen LogP contribution in [-0.4, -0.2) is 19.8 Å². The van der Waals surface area contributed by atoms with Crippen LogP contribution in [0.5, 0.6) is 0 Å². The first-order valence-corrected chi connectivity index (χ1v) is 6.89. The molecular weight excluding hydrogens is 270 g/mol. The lowest BCUT2D eigenvalue weighted by Crippen LogP contribution is -2.05. The average Bonchev–Trinajstić information content (AvgIpc) is 2.73. The predicted octanol–water partition coefficient (Wildman–Crippen LogP) is 2.90. The molecule has 0 bridgehead atoms. The largest absolute Gasteiger partial charge is 0.388 e. The van der Waals surface area contributed by atoms with E-state index >= 15 is 0 Å². The number of nitrogens with zero attached hydrogens (tertiary/aromatic N) is 3. The number of rotatable bonds is 5. The molecule has 1 atom stereocenters. The first-order chi connectivity index (χ1) is 9.93. The van der Waals surface area contributed by atoms with Gasteiger partial charge in [-0.05, 0) is 25.8 Å². The third-order valence-corrected chi connectivity index (χ3v) is 3.64. The van der Waals surface area contributed by atoms with Gasteiger partial charge in [0, 0.05) is 23.4 Å². The molecule has 0 aliphatic rings. The van der Waals surface area contributed by atoms with Gasteiger partial charge in [0.15, 0.2) is 0 Å². The Kier molecular flexibility index (Phi) is 4.37. The fourth-order valence-electron chi connectivity index (χ4n) is 2.45. The summed E-state index contributed by atoms with van der Waals surface area (Å²) in [6, 6.07) is 6.43. The number of hydrogen-bond acceptors (Lipinski definition) is 4. The maximum absolute atomic E-state index is 10.6. The van der Waals surface area contributed by atoms with Gasteiger partial charge in [0.25, 0.3) is 5.69 Å². The number of aryl methyl sites for hydroxylation is 1. The molecule has 6 nitrogen and oxygen atoms in total. The van der Waals surface area contributed by atoms with Crippen LogP contribution in [0.1, 0.15) is 42.0 Å². The monoisotopic (exact) mass is 289 g/mol. The Morgan fingerprint density at radius 3 is 2.48 bits per heavy atom. The summed E-state index contributed by atoms with van der Waals surface area (Å²) in [5, 5.41) is 25.1. The van der Waals surface area contributed by atoms with Crippen molar-refractivity contribution >= 4 is 5.69 Å². The molecule has 1 N–H and O–H groups in total. The Hall–Kier alpha value is -2.21. The molecular formula is C15H19N3O3. The SMILES string of the molecule is CCC(O)c1c(C)nn(Cc2ccc([N+](=O)[O-])cc2)c1C. The maximum Gasteiger partial charge on any atom is 0.269 e. The molecule has 0 fully saturated rings. The van der Waals surface area contributed by atoms with Gasteiger partial charge < -0.3 is 5.11 Å². The van der Waals surface area contributed by atoms with Crippen molar-refractivity contribution in [1.29, 1.82) is 0 Å². The second-order valence-corrected chi connectivity index (χ2v) is 5.09. The van der Waals surface area contributed by atoms with E-state index in [4.69, 9.17) is 0 Å². The molecule has 0 aliphatic carbocycles. The number of hydrogen-bond donors (Lipinski definition) is 1. The van der Waals surface area contributed by atoms with Crippen molar-refractivity contribution in [2.75, 3.05) is 0 Å². The minimum atomic E-state index is -0.504. The minimum absolute atomic E-state index is 0.0780. The normalized spacial score (nSPS) is 12.4. The van der Waals surface area contributed by atoms with Crippen LogP contribution in [0.25, 0.3) is 0 Å². The van der Waals surface area contributed by atoms with Crippen LogP contribution in [0.15, 0.2) is 24.3 Å². The van der Waals surface area contributed by atoms with Gasteiger partial charge in [0.05, 0.1) is 23.3 Å². The molecule has 112 valence electrons. The molecule has 1 heterocycles. The summed E-state index contributed by atoms with van der Waals surface area (Å²) >= 11 is 0. The number of benzene rings is 1. The lowest BCUT2D eigenvalue weighted by molar-refractivity contribution is -0.384. The molecule has 2 aromatic rings. The number of aromatic nitrogens is 2. The van der Waals surface area contributed by atoms with Gasteiger partial charge in [-0.15, -0.1) is 0 Å². The van der Waals surface area contributed by atoms with E-state index in [0.717, 1.165) is 22.5 Å². The maximum atomic E-state index is 10.6. The molecule has 0 amide bonds. The van der Waals surface area contributed by atoms with Crippen molar-refractivity contribution in [1.82, 2.24) is 9.78 Å². The molecule has 0 saturated heterocycles. The summed E-state index contributed by atoms with van der Waals surface area (Å²) in [5.41, 5.74) is 3.64. The van der Waals surface area contributed by atoms with E-state index in [1.165, 1.54) is 12.1 Å². The standard InChI is InChI=1S/C15H19N3O3/c1-4-14(19)15-10(2)16-17(11(15)3)9-12-5-7-13(8-6-12)18(20)21/h5-8,14,19H,4,9H2,1-3H3.